The first kappa shape index (κ1) is 27.2. The smallest absolute Gasteiger partial charge is 0.362 e. The second-order valence-corrected chi connectivity index (χ2v) is 15.1. The van der Waals surface area contributed by atoms with Crippen LogP contribution in [-0.4, -0.2) is 44.2 Å². The number of ether oxygens (including phenoxy) is 1. The summed E-state index contributed by atoms with van der Waals surface area (Å²) in [6.45, 7) is 13.0. The number of allylic oxidation sites excluding steroid dienone is 1. The van der Waals surface area contributed by atoms with Crippen LogP contribution in [0.2, 0.25) is 0 Å². The summed E-state index contributed by atoms with van der Waals surface area (Å²) in [4.78, 5) is 12.5. The molecule has 0 aromatic heterocycles. The Morgan fingerprint density at radius 1 is 1.03 bits per heavy atom. The van der Waals surface area contributed by atoms with E-state index in [1.54, 1.807) is 5.57 Å². The third-order valence-electron chi connectivity index (χ3n) is 11.2. The molecule has 4 aliphatic rings. The van der Waals surface area contributed by atoms with Gasteiger partial charge in [-0.3, -0.25) is 0 Å². The van der Waals surface area contributed by atoms with Gasteiger partial charge in [-0.25, -0.2) is 4.79 Å². The predicted molar refractivity (Wildman–Crippen MR) is 146 cm³/mol. The third kappa shape index (κ3) is 5.55. The van der Waals surface area contributed by atoms with Gasteiger partial charge in [0.15, 0.2) is 6.54 Å². The van der Waals surface area contributed by atoms with E-state index >= 15 is 0 Å². The zero-order chi connectivity index (χ0) is 25.6. The van der Waals surface area contributed by atoms with Crippen molar-refractivity contribution >= 4 is 5.97 Å². The molecule has 3 nitrogen and oxygen atoms in total. The Kier molecular flexibility index (Phi) is 7.89. The summed E-state index contributed by atoms with van der Waals surface area (Å²) in [5.74, 6) is 5.22. The minimum absolute atomic E-state index is 0.0340. The van der Waals surface area contributed by atoms with Crippen molar-refractivity contribution in [2.24, 2.45) is 46.3 Å². The molecule has 4 unspecified atom stereocenters. The van der Waals surface area contributed by atoms with Crippen LogP contribution < -0.4 is 0 Å². The number of quaternary nitrogens is 1. The van der Waals surface area contributed by atoms with Crippen molar-refractivity contribution in [2.45, 2.75) is 111 Å². The molecule has 0 aromatic carbocycles. The van der Waals surface area contributed by atoms with Crippen LogP contribution >= 0.6 is 0 Å². The maximum absolute atomic E-state index is 12.5. The average Bonchev–Trinajstić information content (AvgIpc) is 3.09. The molecule has 4 rings (SSSR count). The lowest BCUT2D eigenvalue weighted by molar-refractivity contribution is -0.862. The molecule has 4 aliphatic carbocycles. The SMILES string of the molecule is CC(C)CCC[C@@H](C)[C@H]1CCC2C3CC=C4CC(OC(=O)C[N+](C)(C)C)CC[C@]4(C)C3CC[C@@]21C. The Hall–Kier alpha value is -0.830. The average molecular weight is 487 g/mol. The third-order valence-corrected chi connectivity index (χ3v) is 11.2. The molecule has 0 heterocycles. The number of esters is 1. The number of carbonyl (C=O) groups is 1. The van der Waals surface area contributed by atoms with Gasteiger partial charge in [-0.05, 0) is 91.3 Å². The van der Waals surface area contributed by atoms with Crippen molar-refractivity contribution in [2.75, 3.05) is 27.7 Å². The van der Waals surface area contributed by atoms with Gasteiger partial charge in [0.25, 0.3) is 0 Å². The lowest BCUT2D eigenvalue weighted by atomic mass is 9.47. The number of hydrogen-bond donors (Lipinski definition) is 0. The fourth-order valence-electron chi connectivity index (χ4n) is 9.36. The van der Waals surface area contributed by atoms with E-state index in [4.69, 9.17) is 4.74 Å². The maximum Gasteiger partial charge on any atom is 0.362 e. The van der Waals surface area contributed by atoms with Gasteiger partial charge in [0.1, 0.15) is 6.10 Å². The zero-order valence-electron chi connectivity index (χ0n) is 24.4. The van der Waals surface area contributed by atoms with E-state index in [1.807, 2.05) is 0 Å². The number of rotatable bonds is 8. The van der Waals surface area contributed by atoms with E-state index in [-0.39, 0.29) is 12.1 Å². The van der Waals surface area contributed by atoms with E-state index in [2.05, 4.69) is 61.8 Å². The Balaban J connectivity index is 1.42. The molecule has 3 fully saturated rings. The molecular weight excluding hydrogens is 430 g/mol. The lowest BCUT2D eigenvalue weighted by Gasteiger charge is -2.58. The van der Waals surface area contributed by atoms with Crippen molar-refractivity contribution in [1.29, 1.82) is 0 Å². The number of fused-ring (bicyclic) bond motifs is 5. The van der Waals surface area contributed by atoms with Gasteiger partial charge in [-0.1, -0.05) is 65.5 Å². The van der Waals surface area contributed by atoms with Gasteiger partial charge in [-0.15, -0.1) is 0 Å². The molecule has 35 heavy (non-hydrogen) atoms. The van der Waals surface area contributed by atoms with E-state index in [0.29, 0.717) is 21.9 Å². The fraction of sp³-hybridized carbons (Fsp3) is 0.906. The van der Waals surface area contributed by atoms with Crippen molar-refractivity contribution in [3.05, 3.63) is 11.6 Å². The molecule has 3 heteroatoms. The highest BCUT2D eigenvalue weighted by atomic mass is 16.5. The predicted octanol–water partition coefficient (Wildman–Crippen LogP) is 7.65. The summed E-state index contributed by atoms with van der Waals surface area (Å²) in [5.41, 5.74) is 2.50. The Morgan fingerprint density at radius 2 is 1.77 bits per heavy atom. The molecule has 0 spiro atoms. The first-order chi connectivity index (χ1) is 16.3. The van der Waals surface area contributed by atoms with Crippen LogP contribution in [0.5, 0.6) is 0 Å². The van der Waals surface area contributed by atoms with Gasteiger partial charge in [0, 0.05) is 6.42 Å². The molecule has 0 N–H and O–H groups in total. The van der Waals surface area contributed by atoms with Crippen molar-refractivity contribution in [1.82, 2.24) is 0 Å². The van der Waals surface area contributed by atoms with Crippen LogP contribution in [0.25, 0.3) is 0 Å². The van der Waals surface area contributed by atoms with Crippen LogP contribution in [0.4, 0.5) is 0 Å². The summed E-state index contributed by atoms with van der Waals surface area (Å²) in [6.07, 6.45) is 17.2. The van der Waals surface area contributed by atoms with Gasteiger partial charge < -0.3 is 9.22 Å². The maximum atomic E-state index is 12.5. The first-order valence-corrected chi connectivity index (χ1v) is 15.0. The molecular formula is C32H56NO2+. The van der Waals surface area contributed by atoms with Gasteiger partial charge >= 0.3 is 5.97 Å². The largest absolute Gasteiger partial charge is 0.458 e. The van der Waals surface area contributed by atoms with Crippen molar-refractivity contribution in [3.8, 4) is 0 Å². The molecule has 3 saturated carbocycles. The summed E-state index contributed by atoms with van der Waals surface area (Å²) in [7, 11) is 6.17. The van der Waals surface area contributed by atoms with Crippen LogP contribution in [0.1, 0.15) is 105 Å². The van der Waals surface area contributed by atoms with Crippen LogP contribution in [0, 0.1) is 46.3 Å². The molecule has 0 saturated heterocycles. The van der Waals surface area contributed by atoms with Crippen molar-refractivity contribution < 1.29 is 14.0 Å². The first-order valence-electron chi connectivity index (χ1n) is 15.0. The minimum atomic E-state index is -0.0340. The Morgan fingerprint density at radius 3 is 2.46 bits per heavy atom. The van der Waals surface area contributed by atoms with E-state index in [1.165, 1.54) is 57.8 Å². The summed E-state index contributed by atoms with van der Waals surface area (Å²) >= 11 is 0. The molecule has 200 valence electrons. The second kappa shape index (κ2) is 10.1. The Bertz CT molecular complexity index is 794. The molecule has 0 radical (unpaired) electrons. The highest BCUT2D eigenvalue weighted by Gasteiger charge is 2.59. The molecule has 0 amide bonds. The summed E-state index contributed by atoms with van der Waals surface area (Å²) in [6, 6.07) is 0. The van der Waals surface area contributed by atoms with Gasteiger partial charge in [0.2, 0.25) is 0 Å². The lowest BCUT2D eigenvalue weighted by Crippen LogP contribution is -2.51. The van der Waals surface area contributed by atoms with E-state index in [9.17, 15) is 4.79 Å². The zero-order valence-corrected chi connectivity index (χ0v) is 24.4. The number of hydrogen-bond acceptors (Lipinski definition) is 2. The topological polar surface area (TPSA) is 26.3 Å². The standard InChI is InChI=1S/C32H56NO2/c1-22(2)10-9-11-23(3)27-14-15-28-26-13-12-24-20-25(35-30(34)21-33(6,7)8)16-18-31(24,4)29(26)17-19-32(27,28)5/h12,22-23,25-29H,9-11,13-21H2,1-8H3/q+1/t23-,25?,26?,27-,28?,29?,31+,32-/m1/s1. The molecule has 8 atom stereocenters. The highest BCUT2D eigenvalue weighted by Crippen LogP contribution is 2.67. The fourth-order valence-corrected chi connectivity index (χ4v) is 9.36. The second-order valence-electron chi connectivity index (χ2n) is 15.1. The monoisotopic (exact) mass is 486 g/mol. The van der Waals surface area contributed by atoms with E-state index < -0.39 is 0 Å². The summed E-state index contributed by atoms with van der Waals surface area (Å²) in [5, 5.41) is 0. The van der Waals surface area contributed by atoms with Crippen LogP contribution in [0.3, 0.4) is 0 Å². The molecule has 0 bridgehead atoms. The molecule has 0 aromatic rings. The minimum Gasteiger partial charge on any atom is -0.458 e. The quantitative estimate of drug-likeness (QED) is 0.200. The van der Waals surface area contributed by atoms with Crippen molar-refractivity contribution in [3.63, 3.8) is 0 Å². The number of likely N-dealkylation sites (N-methyl/N-ethyl adjacent to an activating group) is 1. The highest BCUT2D eigenvalue weighted by molar-refractivity contribution is 5.70. The molecule has 0 aliphatic heterocycles. The van der Waals surface area contributed by atoms with Gasteiger partial charge in [0.05, 0.1) is 21.1 Å². The van der Waals surface area contributed by atoms with Crippen LogP contribution in [-0.2, 0) is 9.53 Å². The normalized spacial score (nSPS) is 39.9. The number of carbonyl (C=O) groups excluding carboxylic acids is 1. The van der Waals surface area contributed by atoms with Crippen LogP contribution in [0.15, 0.2) is 11.6 Å². The van der Waals surface area contributed by atoms with Gasteiger partial charge in [-0.2, -0.15) is 0 Å². The van der Waals surface area contributed by atoms with E-state index in [0.717, 1.165) is 48.3 Å². The number of nitrogens with zero attached hydrogens (tertiary/aromatic N) is 1. The summed E-state index contributed by atoms with van der Waals surface area (Å²) < 4.78 is 6.61. The Labute approximate surface area is 217 Å².